The fourth-order valence-corrected chi connectivity index (χ4v) is 14.4. The Morgan fingerprint density at radius 3 is 1.75 bits per heavy atom. The van der Waals surface area contributed by atoms with Crippen LogP contribution in [0.5, 0.6) is 23.0 Å². The van der Waals surface area contributed by atoms with Gasteiger partial charge in [0.25, 0.3) is 0 Å². The molecule has 0 saturated heterocycles. The number of pyridine rings is 1. The molecule has 0 saturated carbocycles. The molecule has 0 radical (unpaired) electrons. The molecule has 7 heteroatoms. The van der Waals surface area contributed by atoms with Gasteiger partial charge in [-0.1, -0.05) is 106 Å². The summed E-state index contributed by atoms with van der Waals surface area (Å²) in [5.74, 6) is 2.96. The van der Waals surface area contributed by atoms with Crippen LogP contribution in [-0.4, -0.2) is 18.7 Å². The molecule has 0 amide bonds. The molecule has 0 fully saturated rings. The Bertz CT molecular complexity index is 5110. The Morgan fingerprint density at radius 2 is 1.07 bits per heavy atom. The third-order valence-corrected chi connectivity index (χ3v) is 18.2. The molecule has 1 aliphatic heterocycles. The maximum absolute atomic E-state index is 9.08. The number of nitrogens with zero attached hydrogens (tertiary/aromatic N) is 4. The zero-order chi connectivity index (χ0) is 59.6. The summed E-state index contributed by atoms with van der Waals surface area (Å²) in [7, 11) is 0. The third kappa shape index (κ3) is 7.96. The van der Waals surface area contributed by atoms with Gasteiger partial charge in [0.1, 0.15) is 11.5 Å². The van der Waals surface area contributed by atoms with Crippen molar-refractivity contribution in [1.29, 1.82) is 0 Å². The van der Waals surface area contributed by atoms with Crippen molar-refractivity contribution >= 4 is 32.8 Å². The summed E-state index contributed by atoms with van der Waals surface area (Å²) in [6.07, 6.45) is 1.72. The Balaban J connectivity index is 0.887. The molecule has 14 aromatic rings. The number of benzene rings is 11. The van der Waals surface area contributed by atoms with Crippen LogP contribution >= 0.6 is 0 Å². The van der Waals surface area contributed by atoms with Gasteiger partial charge in [0, 0.05) is 27.0 Å². The zero-order valence-electron chi connectivity index (χ0n) is 49.7. The predicted molar refractivity (Wildman–Crippen MR) is 339 cm³/mol. The van der Waals surface area contributed by atoms with Crippen LogP contribution in [0.2, 0.25) is 0 Å². The van der Waals surface area contributed by atoms with Gasteiger partial charge in [0.15, 0.2) is 0 Å². The minimum absolute atomic E-state index is 0.0810. The van der Waals surface area contributed by atoms with Gasteiger partial charge in [0.05, 0.1) is 5.41 Å². The number of aromatic nitrogens is 4. The minimum Gasteiger partial charge on any atom is -0.457 e. The van der Waals surface area contributed by atoms with Gasteiger partial charge in [-0.05, 0) is 63.3 Å². The van der Waals surface area contributed by atoms with Crippen molar-refractivity contribution in [3.05, 3.63) is 304 Å². The molecule has 1 spiro atoms. The van der Waals surface area contributed by atoms with E-state index in [4.69, 9.17) is 18.6 Å². The molecule has 0 unspecified atom stereocenters. The molecule has 0 bridgehead atoms. The molecule has 0 N–H and O–H groups in total. The number of imidazole rings is 1. The van der Waals surface area contributed by atoms with Gasteiger partial charge >= 0.3 is 294 Å². The van der Waals surface area contributed by atoms with Gasteiger partial charge in [-0.2, -0.15) is 0 Å². The molecule has 3 aromatic heterocycles. The van der Waals surface area contributed by atoms with Crippen molar-refractivity contribution in [1.82, 2.24) is 18.7 Å². The second-order valence-corrected chi connectivity index (χ2v) is 24.0. The monoisotopic (exact) mass is 1280 g/mol. The molecule has 11 aromatic carbocycles. The molecule has 6 nitrogen and oxygen atoms in total. The van der Waals surface area contributed by atoms with Gasteiger partial charge in [-0.3, -0.25) is 0 Å². The number of hydrogen-bond acceptors (Lipinski definition) is 3. The van der Waals surface area contributed by atoms with Crippen LogP contribution in [0.4, 0.5) is 0 Å². The quantitative estimate of drug-likeness (QED) is 0.142. The van der Waals surface area contributed by atoms with Crippen molar-refractivity contribution < 1.29 is 32.9 Å². The topological polar surface area (TPSA) is 46.1 Å². The van der Waals surface area contributed by atoms with Gasteiger partial charge in [0.2, 0.25) is 0 Å². The van der Waals surface area contributed by atoms with Crippen LogP contribution in [0.25, 0.3) is 94.5 Å². The van der Waals surface area contributed by atoms with E-state index in [0.29, 0.717) is 28.4 Å². The van der Waals surface area contributed by atoms with Gasteiger partial charge < -0.3 is 4.74 Å². The van der Waals surface area contributed by atoms with E-state index in [1.807, 2.05) is 42.5 Å². The summed E-state index contributed by atoms with van der Waals surface area (Å²) in [4.78, 5) is 5.23. The first kappa shape index (κ1) is 47.6. The molecular formula is C78H54N4O2Pt-2. The number of hydrogen-bond donors (Lipinski definition) is 0. The van der Waals surface area contributed by atoms with E-state index in [9.17, 15) is 0 Å². The smallest absolute Gasteiger partial charge is 0.457 e. The van der Waals surface area contributed by atoms with E-state index in [2.05, 4.69) is 266 Å². The van der Waals surface area contributed by atoms with Crippen molar-refractivity contribution in [2.75, 3.05) is 0 Å². The summed E-state index contributed by atoms with van der Waals surface area (Å²) < 4.78 is 48.5. The number of ether oxygens (including phenoxy) is 2. The summed E-state index contributed by atoms with van der Waals surface area (Å²) in [6, 6.07) is 93.5. The van der Waals surface area contributed by atoms with Crippen LogP contribution in [0.15, 0.2) is 255 Å². The molecule has 2 aliphatic rings. The number of fused-ring (bicyclic) bond motifs is 13. The van der Waals surface area contributed by atoms with Crippen molar-refractivity contribution in [2.24, 2.45) is 0 Å². The second kappa shape index (κ2) is 19.6. The Hall–Kier alpha value is -9.87. The van der Waals surface area contributed by atoms with Crippen LogP contribution < -0.4 is 9.47 Å². The molecule has 16 rings (SSSR count). The zero-order valence-corrected chi connectivity index (χ0v) is 48.9. The van der Waals surface area contributed by atoms with Crippen molar-refractivity contribution in [3.8, 4) is 84.7 Å². The fraction of sp³-hybridized carbons (Fsp3) is 0.0769. The van der Waals surface area contributed by atoms with Crippen LogP contribution in [-0.2, 0) is 30.2 Å². The summed E-state index contributed by atoms with van der Waals surface area (Å²) in [6.45, 7) is 4.02. The van der Waals surface area contributed by atoms with Crippen LogP contribution in [0.1, 0.15) is 58.3 Å². The normalized spacial score (nSPS) is 13.6. The van der Waals surface area contributed by atoms with Crippen molar-refractivity contribution in [3.63, 3.8) is 0 Å². The molecule has 0 atom stereocenters. The standard InChI is InChI=1S/C78H54N4O2.Pt/c1-50-43-75(79-48-64(50)53-37-39-54(40-38-53)77(2,3)4)82-71-45-57(41-42-61(71)63-46-62-60-27-11-12-30-65(60)78(68(62)47-72(63)82)66-31-13-17-35-73(66)84-74-36-18-14-32-67(74)78)83-56-26-19-25-55(44-56)80-49-81(70-34-16-15-33-69(70)80)76-58(51-21-7-5-8-22-51)28-20-29-59(76)52-23-9-6-10-24-52;/h5-43,46-48H,1-4H3;/q-2;/i1D3;. The van der Waals surface area contributed by atoms with Gasteiger partial charge in [-0.25, -0.2) is 0 Å². The molecular weight excluding hydrogens is 1220 g/mol. The van der Waals surface area contributed by atoms with Crippen LogP contribution in [0.3, 0.4) is 0 Å². The SMILES string of the molecule is [2H]C([2H])([2H])c1cc(-n2c3[c-]c(Oc4[c-]c(-n5[c](=[Pt])n(-c6c(-c7ccccc7)cccc6-c6ccccc6)c6ccccc65)ccc4)ccc3c3cc4c(cc32)C2(c3ccccc3Oc3ccccc32)c2ccccc2-4)ncc1-c1ccc(C(C)(C)C)cc1. The van der Waals surface area contributed by atoms with E-state index < -0.39 is 12.3 Å². The van der Waals surface area contributed by atoms with Crippen LogP contribution in [0, 0.1) is 22.8 Å². The summed E-state index contributed by atoms with van der Waals surface area (Å²) in [5, 5.41) is 1.85. The first-order chi connectivity index (χ1) is 42.8. The maximum atomic E-state index is 9.08. The van der Waals surface area contributed by atoms with Gasteiger partial charge in [-0.15, -0.1) is 0 Å². The molecule has 1 aliphatic carbocycles. The average molecular weight is 1280 g/mol. The van der Waals surface area contributed by atoms with E-state index >= 15 is 0 Å². The predicted octanol–water partition coefficient (Wildman–Crippen LogP) is 19.5. The van der Waals surface area contributed by atoms with E-state index in [1.54, 1.807) is 12.3 Å². The third-order valence-electron chi connectivity index (χ3n) is 17.1. The average Bonchev–Trinajstić information content (AvgIpc) is 1.51. The fourth-order valence-electron chi connectivity index (χ4n) is 13.3. The minimum atomic E-state index is -2.49. The van der Waals surface area contributed by atoms with E-state index in [-0.39, 0.29) is 11.0 Å². The second-order valence-electron chi connectivity index (χ2n) is 23.0. The first-order valence-electron chi connectivity index (χ1n) is 30.1. The molecule has 410 valence electrons. The van der Waals surface area contributed by atoms with E-state index in [0.717, 1.165) is 121 Å². The Kier molecular flexibility index (Phi) is 11.0. The summed E-state index contributed by atoms with van der Waals surface area (Å²) in [5.41, 5.74) is 18.2. The number of aryl methyl sites for hydroxylation is 1. The first-order valence-corrected chi connectivity index (χ1v) is 29.7. The number of para-hydroxylation sites is 5. The number of rotatable bonds is 8. The molecule has 85 heavy (non-hydrogen) atoms. The molecule has 4 heterocycles. The summed E-state index contributed by atoms with van der Waals surface area (Å²) >= 11 is 2.46. The van der Waals surface area contributed by atoms with Crippen molar-refractivity contribution in [2.45, 2.75) is 38.5 Å². The Labute approximate surface area is 508 Å². The van der Waals surface area contributed by atoms with E-state index in [1.165, 1.54) is 0 Å². The Morgan fingerprint density at radius 1 is 0.482 bits per heavy atom.